The monoisotopic (exact) mass is 592 g/mol. The van der Waals surface area contributed by atoms with Gasteiger partial charge in [-0.05, 0) is 39.0 Å². The first-order chi connectivity index (χ1) is 17.5. The number of ether oxygens (including phenoxy) is 3. The number of benzene rings is 1. The summed E-state index contributed by atoms with van der Waals surface area (Å²) in [7, 11) is 2.92. The van der Waals surface area contributed by atoms with E-state index in [1.54, 1.807) is 5.38 Å². The number of halogens is 1. The number of carbonyl (C=O) groups excluding carboxylic acids is 1. The second-order valence-corrected chi connectivity index (χ2v) is 11.1. The number of nitrogens with one attached hydrogen (secondary N) is 3. The van der Waals surface area contributed by atoms with Crippen molar-refractivity contribution in [3.05, 3.63) is 39.3 Å². The van der Waals surface area contributed by atoms with Crippen LogP contribution in [0.4, 0.5) is 11.6 Å². The molecule has 0 atom stereocenters. The zero-order valence-corrected chi connectivity index (χ0v) is 24.5. The average Bonchev–Trinajstić information content (AvgIpc) is 3.31. The van der Waals surface area contributed by atoms with Gasteiger partial charge in [0.05, 0.1) is 18.7 Å². The van der Waals surface area contributed by atoms with Crippen molar-refractivity contribution in [2.75, 3.05) is 37.9 Å². The number of carbonyl (C=O) groups is 1. The van der Waals surface area contributed by atoms with Crippen LogP contribution in [-0.4, -0.2) is 54.2 Å². The van der Waals surface area contributed by atoms with Gasteiger partial charge in [-0.1, -0.05) is 52.0 Å². The van der Waals surface area contributed by atoms with Gasteiger partial charge in [-0.25, -0.2) is 0 Å². The zero-order valence-electron chi connectivity index (χ0n) is 22.1. The summed E-state index contributed by atoms with van der Waals surface area (Å²) in [6.45, 7) is 11.9. The molecule has 10 nitrogen and oxygen atoms in total. The van der Waals surface area contributed by atoms with Crippen LogP contribution in [0.2, 0.25) is 0 Å². The Balaban J connectivity index is 1.74. The van der Waals surface area contributed by atoms with E-state index < -0.39 is 5.91 Å². The van der Waals surface area contributed by atoms with E-state index in [9.17, 15) is 4.79 Å². The standard InChI is InChI=1S/C25H33BrN6O4S/c1-14(2)27-10-11-28-23-31-21(34-6)19(22(32-23)35-7)30-20(33)17-13-37-24(29-17)36-18-12-15(25(3,4)5)8-9-16(18)26/h8-9,12-14,27H,10-11H2,1-7H3,(H,30,33)(H,28,31,32). The number of hydrogen-bond acceptors (Lipinski definition) is 10. The van der Waals surface area contributed by atoms with E-state index in [1.807, 2.05) is 18.2 Å². The summed E-state index contributed by atoms with van der Waals surface area (Å²) in [5.74, 6) is 0.792. The highest BCUT2D eigenvalue weighted by Gasteiger charge is 2.22. The summed E-state index contributed by atoms with van der Waals surface area (Å²) < 4.78 is 17.6. The number of nitrogens with zero attached hydrogens (tertiary/aromatic N) is 3. The molecule has 2 aromatic heterocycles. The third-order valence-corrected chi connectivity index (χ3v) is 6.51. The molecule has 0 aliphatic rings. The van der Waals surface area contributed by atoms with Gasteiger partial charge in [-0.15, -0.1) is 0 Å². The summed E-state index contributed by atoms with van der Waals surface area (Å²) in [5, 5.41) is 11.1. The molecule has 0 saturated carbocycles. The van der Waals surface area contributed by atoms with E-state index in [4.69, 9.17) is 14.2 Å². The lowest BCUT2D eigenvalue weighted by molar-refractivity contribution is 0.102. The van der Waals surface area contributed by atoms with E-state index >= 15 is 0 Å². The minimum Gasteiger partial charge on any atom is -0.479 e. The van der Waals surface area contributed by atoms with Gasteiger partial charge in [0.25, 0.3) is 11.1 Å². The third kappa shape index (κ3) is 7.76. The SMILES string of the molecule is COc1nc(NCCNC(C)C)nc(OC)c1NC(=O)c1csc(Oc2cc(C(C)(C)C)ccc2Br)n1. The van der Waals surface area contributed by atoms with Crippen LogP contribution in [0.25, 0.3) is 0 Å². The number of thiazole rings is 1. The van der Waals surface area contributed by atoms with Gasteiger partial charge in [-0.3, -0.25) is 4.79 Å². The van der Waals surface area contributed by atoms with Gasteiger partial charge in [0.2, 0.25) is 17.7 Å². The summed E-state index contributed by atoms with van der Waals surface area (Å²) >= 11 is 4.74. The Morgan fingerprint density at radius 3 is 2.35 bits per heavy atom. The molecular formula is C25H33BrN6O4S. The predicted octanol–water partition coefficient (Wildman–Crippen LogP) is 5.46. The number of hydrogen-bond donors (Lipinski definition) is 3. The van der Waals surface area contributed by atoms with Crippen LogP contribution >= 0.6 is 27.3 Å². The van der Waals surface area contributed by atoms with Crippen molar-refractivity contribution in [1.29, 1.82) is 0 Å². The number of anilines is 2. The Morgan fingerprint density at radius 1 is 1.08 bits per heavy atom. The topological polar surface area (TPSA) is 120 Å². The highest BCUT2D eigenvalue weighted by atomic mass is 79.9. The van der Waals surface area contributed by atoms with Crippen LogP contribution in [0.3, 0.4) is 0 Å². The molecule has 3 rings (SSSR count). The highest BCUT2D eigenvalue weighted by molar-refractivity contribution is 9.10. The second-order valence-electron chi connectivity index (χ2n) is 9.43. The molecule has 37 heavy (non-hydrogen) atoms. The summed E-state index contributed by atoms with van der Waals surface area (Å²) in [6, 6.07) is 6.32. The van der Waals surface area contributed by atoms with Gasteiger partial charge in [0, 0.05) is 24.5 Å². The minimum absolute atomic E-state index is 0.0387. The maximum absolute atomic E-state index is 13.0. The van der Waals surface area contributed by atoms with Crippen molar-refractivity contribution in [3.63, 3.8) is 0 Å². The lowest BCUT2D eigenvalue weighted by Crippen LogP contribution is -2.28. The maximum Gasteiger partial charge on any atom is 0.279 e. The van der Waals surface area contributed by atoms with Gasteiger partial charge in [-0.2, -0.15) is 15.0 Å². The third-order valence-electron chi connectivity index (χ3n) is 5.14. The van der Waals surface area contributed by atoms with Gasteiger partial charge >= 0.3 is 0 Å². The van der Waals surface area contributed by atoms with E-state index in [-0.39, 0.29) is 28.6 Å². The smallest absolute Gasteiger partial charge is 0.279 e. The number of methoxy groups -OCH3 is 2. The molecule has 0 radical (unpaired) electrons. The molecule has 0 unspecified atom stereocenters. The van der Waals surface area contributed by atoms with E-state index in [2.05, 4.69) is 81.5 Å². The average molecular weight is 594 g/mol. The number of amides is 1. The van der Waals surface area contributed by atoms with E-state index in [1.165, 1.54) is 25.6 Å². The largest absolute Gasteiger partial charge is 0.479 e. The second kappa shape index (κ2) is 12.5. The van der Waals surface area contributed by atoms with Crippen molar-refractivity contribution in [1.82, 2.24) is 20.3 Å². The summed E-state index contributed by atoms with van der Waals surface area (Å²) in [6.07, 6.45) is 0. The van der Waals surface area contributed by atoms with Crippen molar-refractivity contribution in [2.45, 2.75) is 46.1 Å². The molecule has 0 saturated heterocycles. The molecule has 0 spiro atoms. The van der Waals surface area contributed by atoms with Crippen LogP contribution in [0.5, 0.6) is 22.7 Å². The Labute approximate surface area is 229 Å². The molecule has 200 valence electrons. The van der Waals surface area contributed by atoms with Gasteiger partial charge in [0.1, 0.15) is 11.4 Å². The Morgan fingerprint density at radius 2 is 1.76 bits per heavy atom. The Hall–Kier alpha value is -2.96. The lowest BCUT2D eigenvalue weighted by Gasteiger charge is -2.20. The molecular weight excluding hydrogens is 560 g/mol. The lowest BCUT2D eigenvalue weighted by atomic mass is 9.87. The predicted molar refractivity (Wildman–Crippen MR) is 150 cm³/mol. The first-order valence-electron chi connectivity index (χ1n) is 11.7. The molecule has 0 fully saturated rings. The molecule has 0 aliphatic heterocycles. The Kier molecular flexibility index (Phi) is 9.68. The van der Waals surface area contributed by atoms with Crippen molar-refractivity contribution in [2.24, 2.45) is 0 Å². The molecule has 3 aromatic rings. The van der Waals surface area contributed by atoms with Crippen LogP contribution in [0.15, 0.2) is 28.1 Å². The van der Waals surface area contributed by atoms with Crippen molar-refractivity contribution >= 4 is 44.8 Å². The molecule has 3 N–H and O–H groups in total. The van der Waals surface area contributed by atoms with Crippen molar-refractivity contribution in [3.8, 4) is 22.7 Å². The molecule has 2 heterocycles. The first-order valence-corrected chi connectivity index (χ1v) is 13.4. The maximum atomic E-state index is 13.0. The van der Waals surface area contributed by atoms with E-state index in [0.717, 1.165) is 16.6 Å². The fourth-order valence-corrected chi connectivity index (χ4v) is 4.15. The van der Waals surface area contributed by atoms with Crippen LogP contribution in [-0.2, 0) is 5.41 Å². The van der Waals surface area contributed by atoms with Crippen LogP contribution in [0.1, 0.15) is 50.7 Å². The Bertz CT molecular complexity index is 1200. The first kappa shape index (κ1) is 28.6. The number of rotatable bonds is 11. The van der Waals surface area contributed by atoms with Crippen molar-refractivity contribution < 1.29 is 19.0 Å². The minimum atomic E-state index is -0.476. The molecule has 1 amide bonds. The fourth-order valence-electron chi connectivity index (χ4n) is 3.17. The number of aromatic nitrogens is 3. The highest BCUT2D eigenvalue weighted by Crippen LogP contribution is 2.36. The molecule has 1 aromatic carbocycles. The zero-order chi connectivity index (χ0) is 27.2. The molecule has 12 heteroatoms. The van der Waals surface area contributed by atoms with Crippen LogP contribution < -0.4 is 30.2 Å². The normalized spacial score (nSPS) is 11.4. The molecule has 0 aliphatic carbocycles. The van der Waals surface area contributed by atoms with Crippen LogP contribution in [0, 0.1) is 0 Å². The summed E-state index contributed by atoms with van der Waals surface area (Å²) in [4.78, 5) is 26.0. The fraction of sp³-hybridized carbons (Fsp3) is 0.440. The van der Waals surface area contributed by atoms with E-state index in [0.29, 0.717) is 29.5 Å². The van der Waals surface area contributed by atoms with Gasteiger partial charge < -0.3 is 30.2 Å². The van der Waals surface area contributed by atoms with Gasteiger partial charge in [0.15, 0.2) is 5.69 Å². The molecule has 0 bridgehead atoms. The quantitative estimate of drug-likeness (QED) is 0.249. The summed E-state index contributed by atoms with van der Waals surface area (Å²) in [5.41, 5.74) is 1.46.